The summed E-state index contributed by atoms with van der Waals surface area (Å²) in [7, 11) is -4.02. The van der Waals surface area contributed by atoms with Crippen molar-refractivity contribution < 1.29 is 26.1 Å². The van der Waals surface area contributed by atoms with Gasteiger partial charge < -0.3 is 5.32 Å². The van der Waals surface area contributed by atoms with E-state index in [1.54, 1.807) is 24.3 Å². The second kappa shape index (κ2) is 7.55. The van der Waals surface area contributed by atoms with Crippen LogP contribution in [-0.2, 0) is 16.3 Å². The molecule has 1 heterocycles. The maximum Gasteiger partial charge on any atom is 0.416 e. The minimum absolute atomic E-state index is 0.0666. The number of alkyl halides is 3. The van der Waals surface area contributed by atoms with Crippen molar-refractivity contribution in [3.05, 3.63) is 65.2 Å². The minimum Gasteiger partial charge on any atom is -0.315 e. The van der Waals surface area contributed by atoms with E-state index in [1.165, 1.54) is 12.1 Å². The Balaban J connectivity index is 0.000000186. The fourth-order valence-electron chi connectivity index (χ4n) is 2.18. The van der Waals surface area contributed by atoms with Gasteiger partial charge in [0.05, 0.1) is 10.5 Å². The predicted molar refractivity (Wildman–Crippen MR) is 88.0 cm³/mol. The van der Waals surface area contributed by atoms with Crippen molar-refractivity contribution in [3.8, 4) is 0 Å². The smallest absolute Gasteiger partial charge is 0.315 e. The van der Waals surface area contributed by atoms with Crippen molar-refractivity contribution in [2.24, 2.45) is 0 Å². The van der Waals surface area contributed by atoms with Crippen LogP contribution in [-0.4, -0.2) is 26.1 Å². The quantitative estimate of drug-likeness (QED) is 0.789. The van der Waals surface area contributed by atoms with Crippen LogP contribution in [0, 0.1) is 6.92 Å². The van der Waals surface area contributed by atoms with Crippen molar-refractivity contribution in [3.63, 3.8) is 0 Å². The molecule has 2 aromatic rings. The second-order valence-electron chi connectivity index (χ2n) is 5.76. The van der Waals surface area contributed by atoms with Crippen LogP contribution < -0.4 is 5.32 Å². The first-order valence-electron chi connectivity index (χ1n) is 7.49. The molecule has 0 radical (unpaired) electrons. The van der Waals surface area contributed by atoms with E-state index in [9.17, 15) is 21.6 Å². The van der Waals surface area contributed by atoms with E-state index in [-0.39, 0.29) is 4.90 Å². The maximum absolute atomic E-state index is 12.2. The zero-order valence-corrected chi connectivity index (χ0v) is 14.2. The first-order chi connectivity index (χ1) is 11.6. The number of benzene rings is 2. The highest BCUT2D eigenvalue weighted by Crippen LogP contribution is 2.30. The van der Waals surface area contributed by atoms with Crippen molar-refractivity contribution in [1.82, 2.24) is 5.32 Å². The maximum atomic E-state index is 12.2. The lowest BCUT2D eigenvalue weighted by Gasteiger charge is -2.27. The number of hydrogen-bond donors (Lipinski definition) is 2. The van der Waals surface area contributed by atoms with Gasteiger partial charge in [-0.25, -0.2) is 0 Å². The number of nitrogens with one attached hydrogen (secondary N) is 1. The largest absolute Gasteiger partial charge is 0.416 e. The van der Waals surface area contributed by atoms with Crippen molar-refractivity contribution >= 4 is 10.1 Å². The van der Waals surface area contributed by atoms with Gasteiger partial charge >= 0.3 is 6.18 Å². The summed E-state index contributed by atoms with van der Waals surface area (Å²) >= 11 is 0. The van der Waals surface area contributed by atoms with Crippen LogP contribution in [0.4, 0.5) is 13.2 Å². The molecule has 0 aliphatic carbocycles. The van der Waals surface area contributed by atoms with Gasteiger partial charge in [-0.05, 0) is 36.8 Å². The fraction of sp³-hybridized carbons (Fsp3) is 0.294. The SMILES string of the molecule is Cc1ccc(S(=O)(=O)O)cc1.FC(F)(F)c1ccc(C2CNC2)cc1. The van der Waals surface area contributed by atoms with E-state index in [1.807, 2.05) is 6.92 Å². The van der Waals surface area contributed by atoms with Crippen molar-refractivity contribution in [2.75, 3.05) is 13.1 Å². The number of aryl methyl sites for hydroxylation is 1. The molecule has 1 saturated heterocycles. The van der Waals surface area contributed by atoms with Crippen LogP contribution in [0.2, 0.25) is 0 Å². The number of halogens is 3. The average molecular weight is 373 g/mol. The summed E-state index contributed by atoms with van der Waals surface area (Å²) in [5, 5.41) is 3.08. The Morgan fingerprint density at radius 3 is 1.88 bits per heavy atom. The first-order valence-corrected chi connectivity index (χ1v) is 8.93. The molecular formula is C17H18F3NO3S. The zero-order valence-electron chi connectivity index (χ0n) is 13.4. The highest BCUT2D eigenvalue weighted by Gasteiger charge is 2.30. The summed E-state index contributed by atoms with van der Waals surface area (Å²) in [6, 6.07) is 11.4. The summed E-state index contributed by atoms with van der Waals surface area (Å²) in [5.41, 5.74) is 1.36. The third-order valence-electron chi connectivity index (χ3n) is 3.81. The molecular weight excluding hydrogens is 355 g/mol. The summed E-state index contributed by atoms with van der Waals surface area (Å²) in [4.78, 5) is -0.0666. The molecule has 2 N–H and O–H groups in total. The molecule has 25 heavy (non-hydrogen) atoms. The van der Waals surface area contributed by atoms with Gasteiger partial charge in [-0.15, -0.1) is 0 Å². The molecule has 1 aliphatic rings. The van der Waals surface area contributed by atoms with E-state index < -0.39 is 21.9 Å². The molecule has 1 aliphatic heterocycles. The molecule has 4 nitrogen and oxygen atoms in total. The zero-order chi connectivity index (χ0) is 18.7. The van der Waals surface area contributed by atoms with Gasteiger partial charge in [-0.2, -0.15) is 21.6 Å². The highest BCUT2D eigenvalue weighted by molar-refractivity contribution is 7.85. The number of hydrogen-bond acceptors (Lipinski definition) is 3. The normalized spacial score (nSPS) is 15.1. The molecule has 136 valence electrons. The standard InChI is InChI=1S/C10H10F3N.C7H8O3S/c11-10(12,13)9-3-1-7(2-4-9)8-5-14-6-8;1-6-2-4-7(5-3-6)11(8,9)10/h1-4,8,14H,5-6H2;2-5H,1H3,(H,8,9,10). The Kier molecular flexibility index (Phi) is 5.87. The van der Waals surface area contributed by atoms with Gasteiger partial charge in [0.15, 0.2) is 0 Å². The topological polar surface area (TPSA) is 66.4 Å². The summed E-state index contributed by atoms with van der Waals surface area (Å²) in [6.07, 6.45) is -4.23. The monoisotopic (exact) mass is 373 g/mol. The van der Waals surface area contributed by atoms with Crippen LogP contribution in [0.5, 0.6) is 0 Å². The molecule has 0 spiro atoms. The van der Waals surface area contributed by atoms with Crippen LogP contribution >= 0.6 is 0 Å². The van der Waals surface area contributed by atoms with Gasteiger partial charge in [0.25, 0.3) is 10.1 Å². The van der Waals surface area contributed by atoms with E-state index in [2.05, 4.69) is 5.32 Å². The Bertz CT molecular complexity index is 797. The van der Waals surface area contributed by atoms with Gasteiger partial charge in [0, 0.05) is 19.0 Å². The summed E-state index contributed by atoms with van der Waals surface area (Å²) in [5.74, 6) is 0.386. The lowest BCUT2D eigenvalue weighted by Crippen LogP contribution is -2.39. The first kappa shape index (κ1) is 19.4. The predicted octanol–water partition coefficient (Wildman–Crippen LogP) is 3.63. The fourth-order valence-corrected chi connectivity index (χ4v) is 2.66. The molecule has 0 atom stereocenters. The Labute approximate surface area is 144 Å². The lowest BCUT2D eigenvalue weighted by atomic mass is 9.93. The van der Waals surface area contributed by atoms with E-state index >= 15 is 0 Å². The average Bonchev–Trinajstić information content (AvgIpc) is 2.45. The van der Waals surface area contributed by atoms with E-state index in [4.69, 9.17) is 4.55 Å². The molecule has 0 saturated carbocycles. The van der Waals surface area contributed by atoms with Gasteiger partial charge in [0.2, 0.25) is 0 Å². The molecule has 0 unspecified atom stereocenters. The van der Waals surface area contributed by atoms with Crippen molar-refractivity contribution in [1.29, 1.82) is 0 Å². The van der Waals surface area contributed by atoms with Gasteiger partial charge in [-0.1, -0.05) is 29.8 Å². The Morgan fingerprint density at radius 2 is 1.52 bits per heavy atom. The van der Waals surface area contributed by atoms with Crippen molar-refractivity contribution in [2.45, 2.75) is 23.9 Å². The van der Waals surface area contributed by atoms with E-state index in [0.717, 1.165) is 36.3 Å². The van der Waals surface area contributed by atoms with Crippen LogP contribution in [0.3, 0.4) is 0 Å². The van der Waals surface area contributed by atoms with Gasteiger partial charge in [0.1, 0.15) is 0 Å². The molecule has 0 bridgehead atoms. The Morgan fingerprint density at radius 1 is 1.00 bits per heavy atom. The molecule has 3 rings (SSSR count). The molecule has 0 aromatic heterocycles. The highest BCUT2D eigenvalue weighted by atomic mass is 32.2. The summed E-state index contributed by atoms with van der Waals surface area (Å²) in [6.45, 7) is 3.57. The second-order valence-corrected chi connectivity index (χ2v) is 7.18. The van der Waals surface area contributed by atoms with E-state index in [0.29, 0.717) is 5.92 Å². The molecule has 0 amide bonds. The van der Waals surface area contributed by atoms with Gasteiger partial charge in [-0.3, -0.25) is 4.55 Å². The van der Waals surface area contributed by atoms with Crippen LogP contribution in [0.1, 0.15) is 22.6 Å². The van der Waals surface area contributed by atoms with Crippen LogP contribution in [0.15, 0.2) is 53.4 Å². The lowest BCUT2D eigenvalue weighted by molar-refractivity contribution is -0.137. The Hall–Kier alpha value is -1.90. The molecule has 8 heteroatoms. The minimum atomic E-state index is -4.23. The molecule has 2 aromatic carbocycles. The third kappa shape index (κ3) is 5.55. The number of rotatable bonds is 2. The third-order valence-corrected chi connectivity index (χ3v) is 4.68. The molecule has 1 fully saturated rings. The summed E-state index contributed by atoms with van der Waals surface area (Å²) < 4.78 is 66.2. The van der Waals surface area contributed by atoms with Crippen LogP contribution in [0.25, 0.3) is 0 Å².